The Bertz CT molecular complexity index is 66.0. The average molecular weight is 160 g/mol. The van der Waals surface area contributed by atoms with E-state index in [4.69, 9.17) is 9.47 Å². The van der Waals surface area contributed by atoms with E-state index in [1.165, 1.54) is 6.42 Å². The Hall–Kier alpha value is -0.0800. The summed E-state index contributed by atoms with van der Waals surface area (Å²) < 4.78 is 10.3. The second-order valence-electron chi connectivity index (χ2n) is 2.72. The van der Waals surface area contributed by atoms with Crippen LogP contribution in [0.15, 0.2) is 0 Å². The molecule has 0 saturated heterocycles. The SMILES string of the molecule is CCOCC(CC)CCOC. The minimum absolute atomic E-state index is 0.676. The second-order valence-corrected chi connectivity index (χ2v) is 2.72. The van der Waals surface area contributed by atoms with Crippen molar-refractivity contribution >= 4 is 0 Å². The van der Waals surface area contributed by atoms with Crippen molar-refractivity contribution < 1.29 is 9.47 Å². The molecule has 0 heterocycles. The highest BCUT2D eigenvalue weighted by Crippen LogP contribution is 2.08. The molecule has 0 aliphatic rings. The monoisotopic (exact) mass is 160 g/mol. The van der Waals surface area contributed by atoms with Gasteiger partial charge in [0.05, 0.1) is 0 Å². The highest BCUT2D eigenvalue weighted by molar-refractivity contribution is 4.54. The first kappa shape index (κ1) is 10.9. The summed E-state index contributed by atoms with van der Waals surface area (Å²) in [6.45, 7) is 6.79. The van der Waals surface area contributed by atoms with Crippen molar-refractivity contribution in [2.24, 2.45) is 5.92 Å². The van der Waals surface area contributed by atoms with Crippen molar-refractivity contribution in [2.45, 2.75) is 26.7 Å². The Kier molecular flexibility index (Phi) is 7.96. The Morgan fingerprint density at radius 3 is 2.45 bits per heavy atom. The van der Waals surface area contributed by atoms with Crippen molar-refractivity contribution in [3.8, 4) is 0 Å². The van der Waals surface area contributed by atoms with Gasteiger partial charge in [-0.3, -0.25) is 0 Å². The average Bonchev–Trinajstić information content (AvgIpc) is 2.05. The fourth-order valence-corrected chi connectivity index (χ4v) is 0.974. The first-order valence-corrected chi connectivity index (χ1v) is 4.41. The molecule has 0 bridgehead atoms. The van der Waals surface area contributed by atoms with Gasteiger partial charge in [0.25, 0.3) is 0 Å². The molecule has 0 aliphatic carbocycles. The Labute approximate surface area is 69.9 Å². The van der Waals surface area contributed by atoms with Crippen molar-refractivity contribution in [3.05, 3.63) is 0 Å². The lowest BCUT2D eigenvalue weighted by atomic mass is 10.0. The molecule has 0 rings (SSSR count). The van der Waals surface area contributed by atoms with Gasteiger partial charge in [-0.1, -0.05) is 13.3 Å². The quantitative estimate of drug-likeness (QED) is 0.567. The Morgan fingerprint density at radius 1 is 1.27 bits per heavy atom. The molecule has 0 radical (unpaired) electrons. The lowest BCUT2D eigenvalue weighted by Crippen LogP contribution is -2.10. The summed E-state index contributed by atoms with van der Waals surface area (Å²) in [6.07, 6.45) is 2.30. The van der Waals surface area contributed by atoms with Crippen LogP contribution >= 0.6 is 0 Å². The van der Waals surface area contributed by atoms with E-state index in [0.29, 0.717) is 5.92 Å². The molecule has 0 amide bonds. The molecule has 0 fully saturated rings. The van der Waals surface area contributed by atoms with Crippen LogP contribution in [0.3, 0.4) is 0 Å². The highest BCUT2D eigenvalue weighted by atomic mass is 16.5. The normalized spacial score (nSPS) is 13.4. The summed E-state index contributed by atoms with van der Waals surface area (Å²) in [5, 5.41) is 0. The van der Waals surface area contributed by atoms with Crippen LogP contribution in [0.25, 0.3) is 0 Å². The van der Waals surface area contributed by atoms with Crippen LogP contribution in [0.5, 0.6) is 0 Å². The molecule has 2 nitrogen and oxygen atoms in total. The van der Waals surface area contributed by atoms with E-state index in [0.717, 1.165) is 26.2 Å². The second kappa shape index (κ2) is 8.02. The molecule has 2 heteroatoms. The summed E-state index contributed by atoms with van der Waals surface area (Å²) >= 11 is 0. The van der Waals surface area contributed by atoms with Crippen molar-refractivity contribution in [1.82, 2.24) is 0 Å². The molecule has 0 saturated carbocycles. The Morgan fingerprint density at radius 2 is 2.00 bits per heavy atom. The van der Waals surface area contributed by atoms with Gasteiger partial charge in [0.2, 0.25) is 0 Å². The van der Waals surface area contributed by atoms with Gasteiger partial charge in [0.15, 0.2) is 0 Å². The van der Waals surface area contributed by atoms with Gasteiger partial charge in [0.1, 0.15) is 0 Å². The molecular formula is C9H20O2. The molecule has 0 N–H and O–H groups in total. The fourth-order valence-electron chi connectivity index (χ4n) is 0.974. The molecule has 1 unspecified atom stereocenters. The van der Waals surface area contributed by atoms with Gasteiger partial charge in [-0.15, -0.1) is 0 Å². The summed E-state index contributed by atoms with van der Waals surface area (Å²) in [4.78, 5) is 0. The zero-order valence-corrected chi connectivity index (χ0v) is 7.93. The van der Waals surface area contributed by atoms with E-state index >= 15 is 0 Å². The topological polar surface area (TPSA) is 18.5 Å². The number of methoxy groups -OCH3 is 1. The third-order valence-corrected chi connectivity index (χ3v) is 1.87. The minimum Gasteiger partial charge on any atom is -0.385 e. The third kappa shape index (κ3) is 6.32. The van der Waals surface area contributed by atoms with Crippen molar-refractivity contribution in [3.63, 3.8) is 0 Å². The Balaban J connectivity index is 3.25. The first-order chi connectivity index (χ1) is 5.35. The summed E-state index contributed by atoms with van der Waals surface area (Å²) in [5.41, 5.74) is 0. The largest absolute Gasteiger partial charge is 0.385 e. The van der Waals surface area contributed by atoms with E-state index in [-0.39, 0.29) is 0 Å². The van der Waals surface area contributed by atoms with E-state index in [1.807, 2.05) is 6.92 Å². The number of hydrogen-bond acceptors (Lipinski definition) is 2. The van der Waals surface area contributed by atoms with Crippen LogP contribution in [-0.4, -0.2) is 26.9 Å². The molecule has 0 spiro atoms. The predicted molar refractivity (Wildman–Crippen MR) is 46.8 cm³/mol. The number of ether oxygens (including phenoxy) is 2. The summed E-state index contributed by atoms with van der Waals surface area (Å²) in [6, 6.07) is 0. The zero-order valence-electron chi connectivity index (χ0n) is 7.93. The maximum absolute atomic E-state index is 5.33. The third-order valence-electron chi connectivity index (χ3n) is 1.87. The van der Waals surface area contributed by atoms with Crippen LogP contribution in [0.4, 0.5) is 0 Å². The van der Waals surface area contributed by atoms with Crippen LogP contribution < -0.4 is 0 Å². The standard InChI is InChI=1S/C9H20O2/c1-4-9(6-7-10-3)8-11-5-2/h9H,4-8H2,1-3H3. The van der Waals surface area contributed by atoms with Gasteiger partial charge < -0.3 is 9.47 Å². The van der Waals surface area contributed by atoms with E-state index in [1.54, 1.807) is 7.11 Å². The molecule has 68 valence electrons. The first-order valence-electron chi connectivity index (χ1n) is 4.41. The smallest absolute Gasteiger partial charge is 0.0494 e. The number of rotatable bonds is 7. The van der Waals surface area contributed by atoms with Crippen LogP contribution in [-0.2, 0) is 9.47 Å². The summed E-state index contributed by atoms with van der Waals surface area (Å²) in [5.74, 6) is 0.676. The molecule has 11 heavy (non-hydrogen) atoms. The lowest BCUT2D eigenvalue weighted by molar-refractivity contribution is 0.0883. The molecule has 0 aromatic carbocycles. The maximum Gasteiger partial charge on any atom is 0.0494 e. The van der Waals surface area contributed by atoms with Gasteiger partial charge in [-0.25, -0.2) is 0 Å². The van der Waals surface area contributed by atoms with Gasteiger partial charge >= 0.3 is 0 Å². The van der Waals surface area contributed by atoms with Crippen LogP contribution in [0, 0.1) is 5.92 Å². The van der Waals surface area contributed by atoms with E-state index < -0.39 is 0 Å². The fraction of sp³-hybridized carbons (Fsp3) is 1.00. The highest BCUT2D eigenvalue weighted by Gasteiger charge is 2.04. The van der Waals surface area contributed by atoms with Crippen LogP contribution in [0.2, 0.25) is 0 Å². The zero-order chi connectivity index (χ0) is 8.53. The van der Waals surface area contributed by atoms with E-state index in [9.17, 15) is 0 Å². The minimum atomic E-state index is 0.676. The predicted octanol–water partition coefficient (Wildman–Crippen LogP) is 2.09. The van der Waals surface area contributed by atoms with Gasteiger partial charge in [-0.2, -0.15) is 0 Å². The van der Waals surface area contributed by atoms with Crippen molar-refractivity contribution in [1.29, 1.82) is 0 Å². The lowest BCUT2D eigenvalue weighted by Gasteiger charge is -2.13. The van der Waals surface area contributed by atoms with Gasteiger partial charge in [0, 0.05) is 26.9 Å². The van der Waals surface area contributed by atoms with Gasteiger partial charge in [-0.05, 0) is 19.3 Å². The van der Waals surface area contributed by atoms with Crippen molar-refractivity contribution in [2.75, 3.05) is 26.9 Å². The summed E-state index contributed by atoms with van der Waals surface area (Å²) in [7, 11) is 1.74. The molecular weight excluding hydrogens is 140 g/mol. The van der Waals surface area contributed by atoms with Crippen LogP contribution in [0.1, 0.15) is 26.7 Å². The molecule has 0 aromatic heterocycles. The maximum atomic E-state index is 5.33. The van der Waals surface area contributed by atoms with E-state index in [2.05, 4.69) is 6.92 Å². The number of hydrogen-bond donors (Lipinski definition) is 0. The molecule has 0 aliphatic heterocycles. The molecule has 1 atom stereocenters. The molecule has 0 aromatic rings.